The number of benzene rings is 1. The van der Waals surface area contributed by atoms with Crippen molar-refractivity contribution in [3.05, 3.63) is 35.9 Å². The first-order valence-corrected chi connectivity index (χ1v) is 7.72. The molecule has 1 aromatic rings. The Labute approximate surface area is 127 Å². The van der Waals surface area contributed by atoms with Crippen molar-refractivity contribution in [2.75, 3.05) is 27.2 Å². The summed E-state index contributed by atoms with van der Waals surface area (Å²) in [5, 5.41) is 9.82. The summed E-state index contributed by atoms with van der Waals surface area (Å²) >= 11 is 0. The molecule has 1 saturated heterocycles. The fourth-order valence-corrected chi connectivity index (χ4v) is 3.02. The van der Waals surface area contributed by atoms with Crippen molar-refractivity contribution in [1.82, 2.24) is 9.80 Å². The van der Waals surface area contributed by atoms with Crippen LogP contribution in [-0.2, 0) is 11.2 Å². The van der Waals surface area contributed by atoms with E-state index in [0.717, 1.165) is 19.4 Å². The summed E-state index contributed by atoms with van der Waals surface area (Å²) in [6.07, 6.45) is 2.69. The van der Waals surface area contributed by atoms with E-state index >= 15 is 0 Å². The van der Waals surface area contributed by atoms with E-state index in [1.165, 1.54) is 5.56 Å². The highest BCUT2D eigenvalue weighted by Crippen LogP contribution is 2.20. The average molecular weight is 290 g/mol. The molecule has 4 heteroatoms. The van der Waals surface area contributed by atoms with Gasteiger partial charge in [-0.1, -0.05) is 30.3 Å². The van der Waals surface area contributed by atoms with Gasteiger partial charge in [-0.15, -0.1) is 0 Å². The van der Waals surface area contributed by atoms with Crippen molar-refractivity contribution in [3.63, 3.8) is 0 Å². The first-order chi connectivity index (χ1) is 10.1. The lowest BCUT2D eigenvalue weighted by Crippen LogP contribution is -2.41. The standard InChI is InChI=1S/C17H26N2O2/c1-18(2)12-15-11-16(20)13-19(15)17(21)10-6-9-14-7-4-3-5-8-14/h3-5,7-8,15-16,20H,6,9-13H2,1-2H3. The van der Waals surface area contributed by atoms with E-state index < -0.39 is 0 Å². The van der Waals surface area contributed by atoms with Gasteiger partial charge in [-0.3, -0.25) is 4.79 Å². The van der Waals surface area contributed by atoms with E-state index in [4.69, 9.17) is 0 Å². The van der Waals surface area contributed by atoms with Gasteiger partial charge in [0.25, 0.3) is 0 Å². The van der Waals surface area contributed by atoms with Gasteiger partial charge in [-0.05, 0) is 38.9 Å². The minimum Gasteiger partial charge on any atom is -0.391 e. The lowest BCUT2D eigenvalue weighted by Gasteiger charge is -2.26. The molecule has 4 nitrogen and oxygen atoms in total. The quantitative estimate of drug-likeness (QED) is 0.864. The Morgan fingerprint density at radius 3 is 2.71 bits per heavy atom. The van der Waals surface area contributed by atoms with E-state index in [9.17, 15) is 9.90 Å². The van der Waals surface area contributed by atoms with Crippen LogP contribution in [0.1, 0.15) is 24.8 Å². The third-order valence-electron chi connectivity index (χ3n) is 3.99. The second kappa shape index (κ2) is 7.57. The van der Waals surface area contributed by atoms with Crippen LogP contribution in [0.2, 0.25) is 0 Å². The number of aliphatic hydroxyl groups excluding tert-OH is 1. The van der Waals surface area contributed by atoms with Crippen LogP contribution in [-0.4, -0.2) is 60.1 Å². The zero-order chi connectivity index (χ0) is 15.2. The van der Waals surface area contributed by atoms with Crippen molar-refractivity contribution in [1.29, 1.82) is 0 Å². The normalized spacial score (nSPS) is 22.0. The van der Waals surface area contributed by atoms with Crippen LogP contribution in [0, 0.1) is 0 Å². The summed E-state index contributed by atoms with van der Waals surface area (Å²) in [5.74, 6) is 0.175. The molecule has 2 unspecified atom stereocenters. The van der Waals surface area contributed by atoms with Gasteiger partial charge >= 0.3 is 0 Å². The summed E-state index contributed by atoms with van der Waals surface area (Å²) in [4.78, 5) is 16.3. The summed E-state index contributed by atoms with van der Waals surface area (Å²) < 4.78 is 0. The molecule has 21 heavy (non-hydrogen) atoms. The minimum atomic E-state index is -0.368. The molecule has 0 spiro atoms. The van der Waals surface area contributed by atoms with Gasteiger partial charge in [0.1, 0.15) is 0 Å². The molecular weight excluding hydrogens is 264 g/mol. The number of carbonyl (C=O) groups excluding carboxylic acids is 1. The average Bonchev–Trinajstić information content (AvgIpc) is 2.80. The summed E-state index contributed by atoms with van der Waals surface area (Å²) in [6.45, 7) is 1.31. The lowest BCUT2D eigenvalue weighted by atomic mass is 10.1. The third kappa shape index (κ3) is 4.83. The Morgan fingerprint density at radius 2 is 2.05 bits per heavy atom. The molecule has 1 aliphatic rings. The first-order valence-electron chi connectivity index (χ1n) is 7.72. The first kappa shape index (κ1) is 16.0. The summed E-state index contributed by atoms with van der Waals surface area (Å²) in [7, 11) is 4.01. The van der Waals surface area contributed by atoms with Gasteiger partial charge in [0, 0.05) is 25.6 Å². The molecule has 0 saturated carbocycles. The predicted molar refractivity (Wildman–Crippen MR) is 84.1 cm³/mol. The molecule has 0 aliphatic carbocycles. The van der Waals surface area contributed by atoms with Crippen molar-refractivity contribution >= 4 is 5.91 Å². The molecule has 1 N–H and O–H groups in total. The molecule has 0 bridgehead atoms. The Balaban J connectivity index is 1.81. The number of aryl methyl sites for hydroxylation is 1. The van der Waals surface area contributed by atoms with E-state index in [2.05, 4.69) is 17.0 Å². The molecule has 1 amide bonds. The molecule has 1 aliphatic heterocycles. The van der Waals surface area contributed by atoms with Crippen LogP contribution >= 0.6 is 0 Å². The Bertz CT molecular complexity index is 447. The predicted octanol–water partition coefficient (Wildman–Crippen LogP) is 1.53. The van der Waals surface area contributed by atoms with E-state index in [-0.39, 0.29) is 18.1 Å². The van der Waals surface area contributed by atoms with Gasteiger partial charge < -0.3 is 14.9 Å². The zero-order valence-corrected chi connectivity index (χ0v) is 13.0. The number of carbonyl (C=O) groups is 1. The van der Waals surface area contributed by atoms with Gasteiger partial charge in [-0.2, -0.15) is 0 Å². The zero-order valence-electron chi connectivity index (χ0n) is 13.0. The van der Waals surface area contributed by atoms with Crippen LogP contribution in [0.5, 0.6) is 0 Å². The number of likely N-dealkylation sites (tertiary alicyclic amines) is 1. The van der Waals surface area contributed by atoms with Crippen molar-refractivity contribution in [2.45, 2.75) is 37.8 Å². The highest BCUT2D eigenvalue weighted by Gasteiger charge is 2.33. The molecule has 1 fully saturated rings. The molecule has 2 atom stereocenters. The second-order valence-electron chi connectivity index (χ2n) is 6.19. The Morgan fingerprint density at radius 1 is 1.33 bits per heavy atom. The highest BCUT2D eigenvalue weighted by atomic mass is 16.3. The van der Waals surface area contributed by atoms with Crippen molar-refractivity contribution in [2.24, 2.45) is 0 Å². The highest BCUT2D eigenvalue weighted by molar-refractivity contribution is 5.77. The molecule has 2 rings (SSSR count). The number of amides is 1. The monoisotopic (exact) mass is 290 g/mol. The number of β-amino-alcohol motifs (C(OH)–C–C–N with tert-alkyl or cyclic N) is 1. The van der Waals surface area contributed by atoms with Gasteiger partial charge in [0.2, 0.25) is 5.91 Å². The van der Waals surface area contributed by atoms with Gasteiger partial charge in [-0.25, -0.2) is 0 Å². The van der Waals surface area contributed by atoms with Crippen molar-refractivity contribution in [3.8, 4) is 0 Å². The Kier molecular flexibility index (Phi) is 5.76. The van der Waals surface area contributed by atoms with Gasteiger partial charge in [0.05, 0.1) is 6.10 Å². The van der Waals surface area contributed by atoms with Gasteiger partial charge in [0.15, 0.2) is 0 Å². The molecule has 116 valence electrons. The van der Waals surface area contributed by atoms with Crippen molar-refractivity contribution < 1.29 is 9.90 Å². The Hall–Kier alpha value is -1.39. The van der Waals surface area contributed by atoms with E-state index in [1.54, 1.807) is 0 Å². The maximum Gasteiger partial charge on any atom is 0.222 e. The SMILES string of the molecule is CN(C)CC1CC(O)CN1C(=O)CCCc1ccccc1. The lowest BCUT2D eigenvalue weighted by molar-refractivity contribution is -0.132. The second-order valence-corrected chi connectivity index (χ2v) is 6.19. The van der Waals surface area contributed by atoms with E-state index in [0.29, 0.717) is 19.4 Å². The van der Waals surface area contributed by atoms with Crippen LogP contribution < -0.4 is 0 Å². The number of hydrogen-bond acceptors (Lipinski definition) is 3. The van der Waals surface area contributed by atoms with Crippen LogP contribution in [0.3, 0.4) is 0 Å². The number of nitrogens with zero attached hydrogens (tertiary/aromatic N) is 2. The fraction of sp³-hybridized carbons (Fsp3) is 0.588. The van der Waals surface area contributed by atoms with Crippen LogP contribution in [0.25, 0.3) is 0 Å². The molecule has 0 radical (unpaired) electrons. The molecular formula is C17H26N2O2. The number of likely N-dealkylation sites (N-methyl/N-ethyl adjacent to an activating group) is 1. The van der Waals surface area contributed by atoms with Crippen LogP contribution in [0.15, 0.2) is 30.3 Å². The summed E-state index contributed by atoms with van der Waals surface area (Å²) in [6, 6.07) is 10.4. The van der Waals surface area contributed by atoms with Crippen LogP contribution in [0.4, 0.5) is 0 Å². The fourth-order valence-electron chi connectivity index (χ4n) is 3.02. The molecule has 0 aromatic heterocycles. The summed E-state index contributed by atoms with van der Waals surface area (Å²) in [5.41, 5.74) is 1.27. The molecule has 1 heterocycles. The number of hydrogen-bond donors (Lipinski definition) is 1. The number of rotatable bonds is 6. The smallest absolute Gasteiger partial charge is 0.222 e. The maximum absolute atomic E-state index is 12.4. The maximum atomic E-state index is 12.4. The number of aliphatic hydroxyl groups is 1. The molecule has 1 aromatic carbocycles. The van der Waals surface area contributed by atoms with E-state index in [1.807, 2.05) is 37.2 Å². The third-order valence-corrected chi connectivity index (χ3v) is 3.99. The topological polar surface area (TPSA) is 43.8 Å². The minimum absolute atomic E-state index is 0.152. The largest absolute Gasteiger partial charge is 0.391 e.